The first kappa shape index (κ1) is 26.7. The van der Waals surface area contributed by atoms with E-state index in [-0.39, 0.29) is 12.6 Å². The third-order valence-electron chi connectivity index (χ3n) is 5.36. The Morgan fingerprint density at radius 1 is 0.972 bits per heavy atom. The maximum Gasteiger partial charge on any atom is 0.416 e. The molecule has 3 aromatic rings. The Balaban J connectivity index is 1.92. The molecule has 10 heteroatoms. The summed E-state index contributed by atoms with van der Waals surface area (Å²) in [5, 5.41) is 11.7. The van der Waals surface area contributed by atoms with Gasteiger partial charge < -0.3 is 15.2 Å². The SMILES string of the molecule is CCCOc1ccc(-c2cc(C(=O)O)c(F)cc2C)cc1CNC(=O)c1ccc(C(F)(F)F)cc1F. The molecule has 0 bridgehead atoms. The topological polar surface area (TPSA) is 75.6 Å². The van der Waals surface area contributed by atoms with Crippen molar-refractivity contribution in [3.05, 3.63) is 88.0 Å². The average Bonchev–Trinajstić information content (AvgIpc) is 2.80. The third kappa shape index (κ3) is 5.99. The fraction of sp³-hybridized carbons (Fsp3) is 0.231. The molecule has 0 heterocycles. The molecule has 0 atom stereocenters. The number of alkyl halides is 3. The summed E-state index contributed by atoms with van der Waals surface area (Å²) >= 11 is 0. The zero-order valence-electron chi connectivity index (χ0n) is 19.3. The van der Waals surface area contributed by atoms with Crippen LogP contribution in [-0.4, -0.2) is 23.6 Å². The van der Waals surface area contributed by atoms with Crippen LogP contribution in [0.4, 0.5) is 22.0 Å². The summed E-state index contributed by atoms with van der Waals surface area (Å²) in [4.78, 5) is 23.9. The van der Waals surface area contributed by atoms with Crippen molar-refractivity contribution in [3.8, 4) is 16.9 Å². The molecule has 5 nitrogen and oxygen atoms in total. The van der Waals surface area contributed by atoms with Gasteiger partial charge in [0.25, 0.3) is 5.91 Å². The Morgan fingerprint density at radius 2 is 1.67 bits per heavy atom. The highest BCUT2D eigenvalue weighted by atomic mass is 19.4. The molecule has 0 unspecified atom stereocenters. The maximum absolute atomic E-state index is 14.2. The van der Waals surface area contributed by atoms with E-state index >= 15 is 0 Å². The zero-order chi connectivity index (χ0) is 26.6. The molecule has 3 rings (SSSR count). The lowest BCUT2D eigenvalue weighted by Gasteiger charge is -2.16. The number of hydrogen-bond donors (Lipinski definition) is 2. The smallest absolute Gasteiger partial charge is 0.416 e. The van der Waals surface area contributed by atoms with Crippen LogP contribution in [0, 0.1) is 18.6 Å². The molecule has 0 aromatic heterocycles. The van der Waals surface area contributed by atoms with Gasteiger partial charge in [-0.05, 0) is 72.5 Å². The molecular weight excluding hydrogens is 485 g/mol. The first-order valence-electron chi connectivity index (χ1n) is 10.9. The van der Waals surface area contributed by atoms with Crippen LogP contribution in [0.25, 0.3) is 11.1 Å². The number of benzene rings is 3. The lowest BCUT2D eigenvalue weighted by molar-refractivity contribution is -0.137. The van der Waals surface area contributed by atoms with E-state index in [0.29, 0.717) is 47.1 Å². The summed E-state index contributed by atoms with van der Waals surface area (Å²) in [5.74, 6) is -4.16. The molecule has 0 aliphatic rings. The van der Waals surface area contributed by atoms with Crippen LogP contribution >= 0.6 is 0 Å². The summed E-state index contributed by atoms with van der Waals surface area (Å²) in [6, 6.07) is 8.80. The maximum atomic E-state index is 14.2. The summed E-state index contributed by atoms with van der Waals surface area (Å²) < 4.78 is 72.3. The molecule has 2 N–H and O–H groups in total. The first-order valence-corrected chi connectivity index (χ1v) is 10.9. The van der Waals surface area contributed by atoms with E-state index in [2.05, 4.69) is 5.32 Å². The number of carbonyl (C=O) groups is 2. The number of nitrogens with one attached hydrogen (secondary N) is 1. The highest BCUT2D eigenvalue weighted by Gasteiger charge is 2.31. The average molecular weight is 507 g/mol. The van der Waals surface area contributed by atoms with Crippen LogP contribution in [0.15, 0.2) is 48.5 Å². The van der Waals surface area contributed by atoms with Gasteiger partial charge in [0.2, 0.25) is 0 Å². The number of hydrogen-bond acceptors (Lipinski definition) is 3. The van der Waals surface area contributed by atoms with E-state index in [1.165, 1.54) is 6.07 Å². The van der Waals surface area contributed by atoms with Crippen LogP contribution in [0.5, 0.6) is 5.75 Å². The van der Waals surface area contributed by atoms with Crippen molar-refractivity contribution in [1.82, 2.24) is 5.32 Å². The van der Waals surface area contributed by atoms with E-state index in [1.807, 2.05) is 6.92 Å². The summed E-state index contributed by atoms with van der Waals surface area (Å²) in [6.45, 7) is 3.68. The molecule has 0 fully saturated rings. The molecule has 190 valence electrons. The van der Waals surface area contributed by atoms with Gasteiger partial charge in [-0.15, -0.1) is 0 Å². The molecule has 0 saturated carbocycles. The molecule has 0 aliphatic carbocycles. The Bertz CT molecular complexity index is 1300. The van der Waals surface area contributed by atoms with Crippen LogP contribution in [0.1, 0.15) is 50.8 Å². The normalized spacial score (nSPS) is 11.3. The van der Waals surface area contributed by atoms with Gasteiger partial charge in [0.15, 0.2) is 0 Å². The summed E-state index contributed by atoms with van der Waals surface area (Å²) in [6.07, 6.45) is -4.07. The number of halogens is 5. The number of amides is 1. The lowest BCUT2D eigenvalue weighted by Crippen LogP contribution is -2.24. The molecule has 3 aromatic carbocycles. The van der Waals surface area contributed by atoms with Crippen LogP contribution in [0.3, 0.4) is 0 Å². The minimum atomic E-state index is -4.75. The number of aryl methyl sites for hydroxylation is 1. The number of rotatable bonds is 8. The van der Waals surface area contributed by atoms with Crippen molar-refractivity contribution in [2.24, 2.45) is 0 Å². The molecule has 0 aliphatic heterocycles. The minimum absolute atomic E-state index is 0.168. The Labute approximate surface area is 203 Å². The van der Waals surface area contributed by atoms with Crippen molar-refractivity contribution in [1.29, 1.82) is 0 Å². The van der Waals surface area contributed by atoms with Crippen LogP contribution < -0.4 is 10.1 Å². The largest absolute Gasteiger partial charge is 0.493 e. The van der Waals surface area contributed by atoms with E-state index < -0.39 is 46.4 Å². The summed E-state index contributed by atoms with van der Waals surface area (Å²) in [5.41, 5.74) is -0.398. The van der Waals surface area contributed by atoms with Crippen molar-refractivity contribution < 1.29 is 41.4 Å². The predicted octanol–water partition coefficient (Wildman–Crippen LogP) is 6.38. The highest BCUT2D eigenvalue weighted by molar-refractivity contribution is 5.94. The Morgan fingerprint density at radius 3 is 2.28 bits per heavy atom. The number of carbonyl (C=O) groups excluding carboxylic acids is 1. The van der Waals surface area contributed by atoms with Gasteiger partial charge in [-0.1, -0.05) is 13.0 Å². The standard InChI is InChI=1S/C26H22F5NO4/c1-3-8-36-23-7-4-15(19-12-20(25(34)35)21(27)9-14(19)2)10-16(23)13-32-24(33)18-6-5-17(11-22(18)28)26(29,30)31/h4-7,9-12H,3,8,13H2,1-2H3,(H,32,33)(H,34,35). The highest BCUT2D eigenvalue weighted by Crippen LogP contribution is 2.32. The first-order chi connectivity index (χ1) is 16.9. The minimum Gasteiger partial charge on any atom is -0.493 e. The van der Waals surface area contributed by atoms with Crippen molar-refractivity contribution in [2.75, 3.05) is 6.61 Å². The lowest BCUT2D eigenvalue weighted by atomic mass is 9.96. The van der Waals surface area contributed by atoms with Crippen molar-refractivity contribution >= 4 is 11.9 Å². The third-order valence-corrected chi connectivity index (χ3v) is 5.36. The molecule has 0 saturated heterocycles. The van der Waals surface area contributed by atoms with E-state index in [4.69, 9.17) is 4.74 Å². The van der Waals surface area contributed by atoms with Gasteiger partial charge in [0.1, 0.15) is 17.4 Å². The Hall–Kier alpha value is -3.95. The monoisotopic (exact) mass is 507 g/mol. The van der Waals surface area contributed by atoms with E-state index in [9.17, 15) is 36.6 Å². The number of carboxylic acids is 1. The van der Waals surface area contributed by atoms with Gasteiger partial charge in [-0.2, -0.15) is 13.2 Å². The van der Waals surface area contributed by atoms with Crippen molar-refractivity contribution in [2.45, 2.75) is 33.0 Å². The van der Waals surface area contributed by atoms with Crippen LogP contribution in [-0.2, 0) is 12.7 Å². The van der Waals surface area contributed by atoms with Gasteiger partial charge in [0.05, 0.1) is 23.3 Å². The second-order valence-corrected chi connectivity index (χ2v) is 8.00. The quantitative estimate of drug-likeness (QED) is 0.347. The fourth-order valence-corrected chi connectivity index (χ4v) is 3.53. The van der Waals surface area contributed by atoms with Gasteiger partial charge in [-0.25, -0.2) is 13.6 Å². The molecule has 0 spiro atoms. The van der Waals surface area contributed by atoms with E-state index in [1.54, 1.807) is 25.1 Å². The number of carboxylic acid groups (broad SMARTS) is 1. The predicted molar refractivity (Wildman–Crippen MR) is 122 cm³/mol. The molecule has 1 amide bonds. The second kappa shape index (κ2) is 10.8. The molecule has 36 heavy (non-hydrogen) atoms. The second-order valence-electron chi connectivity index (χ2n) is 8.00. The van der Waals surface area contributed by atoms with E-state index in [0.717, 1.165) is 12.1 Å². The van der Waals surface area contributed by atoms with Gasteiger partial charge in [-0.3, -0.25) is 4.79 Å². The van der Waals surface area contributed by atoms with Gasteiger partial charge in [0, 0.05) is 12.1 Å². The Kier molecular flexibility index (Phi) is 7.96. The molecule has 0 radical (unpaired) electrons. The fourth-order valence-electron chi connectivity index (χ4n) is 3.53. The zero-order valence-corrected chi connectivity index (χ0v) is 19.3. The number of ether oxygens (including phenoxy) is 1. The summed E-state index contributed by atoms with van der Waals surface area (Å²) in [7, 11) is 0. The van der Waals surface area contributed by atoms with Crippen molar-refractivity contribution in [3.63, 3.8) is 0 Å². The van der Waals surface area contributed by atoms with Gasteiger partial charge >= 0.3 is 12.1 Å². The number of aromatic carboxylic acids is 1. The molecular formula is C26H22F5NO4. The van der Waals surface area contributed by atoms with Crippen LogP contribution in [0.2, 0.25) is 0 Å².